The van der Waals surface area contributed by atoms with Gasteiger partial charge in [0, 0.05) is 18.8 Å². The summed E-state index contributed by atoms with van der Waals surface area (Å²) in [5.41, 5.74) is 1.25. The lowest BCUT2D eigenvalue weighted by Gasteiger charge is -2.33. The van der Waals surface area contributed by atoms with Gasteiger partial charge in [-0.05, 0) is 45.5 Å². The number of benzene rings is 1. The summed E-state index contributed by atoms with van der Waals surface area (Å²) in [6, 6.07) is 7.70. The van der Waals surface area contributed by atoms with Gasteiger partial charge in [0.05, 0.1) is 12.1 Å². The molecule has 2 amide bonds. The first-order valence-electron chi connectivity index (χ1n) is 6.74. The monoisotopic (exact) mass is 279 g/mol. The van der Waals surface area contributed by atoms with E-state index in [1.54, 1.807) is 7.05 Å². The molecule has 112 valence electrons. The minimum Gasteiger partial charge on any atom is -0.394 e. The van der Waals surface area contributed by atoms with Crippen LogP contribution in [0.4, 0.5) is 10.5 Å². The van der Waals surface area contributed by atoms with Gasteiger partial charge in [-0.15, -0.1) is 0 Å². The Kier molecular flexibility index (Phi) is 5.53. The number of aliphatic hydroxyl groups excluding tert-OH is 1. The highest BCUT2D eigenvalue weighted by atomic mass is 16.3. The van der Waals surface area contributed by atoms with Crippen LogP contribution in [0.2, 0.25) is 0 Å². The summed E-state index contributed by atoms with van der Waals surface area (Å²) >= 11 is 0. The van der Waals surface area contributed by atoms with Crippen molar-refractivity contribution in [2.75, 3.05) is 26.0 Å². The van der Waals surface area contributed by atoms with Crippen molar-refractivity contribution < 1.29 is 9.90 Å². The van der Waals surface area contributed by atoms with Crippen LogP contribution in [0.5, 0.6) is 0 Å². The molecule has 1 rings (SSSR count). The number of rotatable bonds is 5. The smallest absolute Gasteiger partial charge is 0.322 e. The lowest BCUT2D eigenvalue weighted by molar-refractivity contribution is 0.104. The zero-order valence-corrected chi connectivity index (χ0v) is 12.9. The number of hydrogen-bond donors (Lipinski definition) is 3. The molecule has 0 fully saturated rings. The van der Waals surface area contributed by atoms with Crippen molar-refractivity contribution in [3.63, 3.8) is 0 Å². The van der Waals surface area contributed by atoms with Crippen LogP contribution in [0.1, 0.15) is 32.4 Å². The molecule has 0 radical (unpaired) electrons. The molecule has 0 saturated heterocycles. The van der Waals surface area contributed by atoms with Crippen molar-refractivity contribution in [3.8, 4) is 0 Å². The maximum absolute atomic E-state index is 12.2. The first-order chi connectivity index (χ1) is 9.31. The number of amides is 2. The van der Waals surface area contributed by atoms with E-state index in [2.05, 4.69) is 17.6 Å². The van der Waals surface area contributed by atoms with Gasteiger partial charge in [0.25, 0.3) is 0 Å². The van der Waals surface area contributed by atoms with Gasteiger partial charge >= 0.3 is 6.03 Å². The lowest BCUT2D eigenvalue weighted by Crippen LogP contribution is -2.49. The molecule has 1 unspecified atom stereocenters. The number of nitrogens with zero attached hydrogens (tertiary/aromatic N) is 1. The van der Waals surface area contributed by atoms with Gasteiger partial charge in [0.15, 0.2) is 0 Å². The molecule has 1 atom stereocenters. The van der Waals surface area contributed by atoms with E-state index in [4.69, 9.17) is 0 Å². The van der Waals surface area contributed by atoms with Crippen molar-refractivity contribution in [2.45, 2.75) is 32.4 Å². The summed E-state index contributed by atoms with van der Waals surface area (Å²) in [4.78, 5) is 13.7. The Morgan fingerprint density at radius 3 is 2.65 bits per heavy atom. The number of likely N-dealkylation sites (N-methyl/N-ethyl adjacent to an activating group) is 1. The Morgan fingerprint density at radius 1 is 1.45 bits per heavy atom. The second kappa shape index (κ2) is 6.72. The highest BCUT2D eigenvalue weighted by Crippen LogP contribution is 2.18. The molecule has 0 spiro atoms. The van der Waals surface area contributed by atoms with Crippen LogP contribution in [0.15, 0.2) is 24.3 Å². The number of carbonyl (C=O) groups is 1. The Hall–Kier alpha value is -1.59. The van der Waals surface area contributed by atoms with Crippen molar-refractivity contribution in [1.82, 2.24) is 10.2 Å². The average Bonchev–Trinajstić information content (AvgIpc) is 2.45. The minimum atomic E-state index is -0.597. The summed E-state index contributed by atoms with van der Waals surface area (Å²) < 4.78 is 0. The third-order valence-electron chi connectivity index (χ3n) is 3.67. The third kappa shape index (κ3) is 3.95. The average molecular weight is 279 g/mol. The van der Waals surface area contributed by atoms with E-state index in [9.17, 15) is 9.90 Å². The van der Waals surface area contributed by atoms with Crippen LogP contribution < -0.4 is 10.6 Å². The zero-order chi connectivity index (χ0) is 15.3. The molecule has 0 aliphatic heterocycles. The van der Waals surface area contributed by atoms with Crippen LogP contribution in [-0.2, 0) is 0 Å². The van der Waals surface area contributed by atoms with Gasteiger partial charge in [-0.3, -0.25) is 0 Å². The van der Waals surface area contributed by atoms with Crippen molar-refractivity contribution >= 4 is 11.7 Å². The van der Waals surface area contributed by atoms with Crippen LogP contribution in [0.3, 0.4) is 0 Å². The van der Waals surface area contributed by atoms with E-state index in [0.717, 1.165) is 11.3 Å². The number of urea groups is 1. The quantitative estimate of drug-likeness (QED) is 0.774. The molecule has 1 aromatic rings. The normalized spacial score (nSPS) is 12.9. The fourth-order valence-corrected chi connectivity index (χ4v) is 1.64. The molecule has 0 aliphatic carbocycles. The molecule has 0 bridgehead atoms. The predicted molar refractivity (Wildman–Crippen MR) is 81.9 cm³/mol. The SMILES string of the molecule is CNC(C)c1cccc(NC(=O)N(C)C(C)(C)CO)c1. The Bertz CT molecular complexity index is 460. The van der Waals surface area contributed by atoms with Crippen molar-refractivity contribution in [2.24, 2.45) is 0 Å². The molecule has 0 aromatic heterocycles. The number of nitrogens with one attached hydrogen (secondary N) is 2. The fourth-order valence-electron chi connectivity index (χ4n) is 1.64. The van der Waals surface area contributed by atoms with Crippen molar-refractivity contribution in [1.29, 1.82) is 0 Å². The standard InChI is InChI=1S/C15H25N3O2/c1-11(16-4)12-7-6-8-13(9-12)17-14(20)18(5)15(2,3)10-19/h6-9,11,16,19H,10H2,1-5H3,(H,17,20). The molecule has 1 aromatic carbocycles. The maximum atomic E-state index is 12.2. The molecule has 5 heteroatoms. The van der Waals surface area contributed by atoms with E-state index < -0.39 is 5.54 Å². The molecule has 0 saturated carbocycles. The summed E-state index contributed by atoms with van der Waals surface area (Å²) in [6.07, 6.45) is 0. The maximum Gasteiger partial charge on any atom is 0.322 e. The fraction of sp³-hybridized carbons (Fsp3) is 0.533. The number of anilines is 1. The highest BCUT2D eigenvalue weighted by Gasteiger charge is 2.26. The Labute approximate surface area is 121 Å². The van der Waals surface area contributed by atoms with E-state index in [1.165, 1.54) is 4.90 Å². The van der Waals surface area contributed by atoms with Crippen LogP contribution in [0, 0.1) is 0 Å². The number of aliphatic hydroxyl groups is 1. The van der Waals surface area contributed by atoms with Gasteiger partial charge in [0.2, 0.25) is 0 Å². The molecule has 0 heterocycles. The second-order valence-corrected chi connectivity index (χ2v) is 5.60. The lowest BCUT2D eigenvalue weighted by atomic mass is 10.1. The molecule has 20 heavy (non-hydrogen) atoms. The predicted octanol–water partition coefficient (Wildman–Crippen LogP) is 2.20. The molecule has 3 N–H and O–H groups in total. The Balaban J connectivity index is 2.81. The van der Waals surface area contributed by atoms with Crippen LogP contribution in [-0.4, -0.2) is 42.3 Å². The van der Waals surface area contributed by atoms with Gasteiger partial charge in [-0.1, -0.05) is 12.1 Å². The largest absolute Gasteiger partial charge is 0.394 e. The van der Waals surface area contributed by atoms with Gasteiger partial charge in [-0.2, -0.15) is 0 Å². The Morgan fingerprint density at radius 2 is 2.10 bits per heavy atom. The summed E-state index contributed by atoms with van der Waals surface area (Å²) in [6.45, 7) is 5.59. The van der Waals surface area contributed by atoms with Crippen LogP contribution in [0.25, 0.3) is 0 Å². The first-order valence-corrected chi connectivity index (χ1v) is 6.74. The van der Waals surface area contributed by atoms with Gasteiger partial charge in [0.1, 0.15) is 0 Å². The molecular formula is C15H25N3O2. The van der Waals surface area contributed by atoms with Crippen LogP contribution >= 0.6 is 0 Å². The third-order valence-corrected chi connectivity index (χ3v) is 3.67. The van der Waals surface area contributed by atoms with E-state index in [1.807, 2.05) is 45.2 Å². The van der Waals surface area contributed by atoms with Gasteiger partial charge < -0.3 is 20.6 Å². The highest BCUT2D eigenvalue weighted by molar-refractivity contribution is 5.89. The summed E-state index contributed by atoms with van der Waals surface area (Å²) in [5, 5.41) is 15.3. The number of carbonyl (C=O) groups excluding carboxylic acids is 1. The summed E-state index contributed by atoms with van der Waals surface area (Å²) in [7, 11) is 3.57. The molecule has 0 aliphatic rings. The van der Waals surface area contributed by atoms with E-state index in [0.29, 0.717) is 0 Å². The zero-order valence-electron chi connectivity index (χ0n) is 12.9. The van der Waals surface area contributed by atoms with E-state index >= 15 is 0 Å². The topological polar surface area (TPSA) is 64.6 Å². The number of hydrogen-bond acceptors (Lipinski definition) is 3. The first kappa shape index (κ1) is 16.5. The van der Waals surface area contributed by atoms with Gasteiger partial charge in [-0.25, -0.2) is 4.79 Å². The minimum absolute atomic E-state index is 0.0895. The second-order valence-electron chi connectivity index (χ2n) is 5.60. The van der Waals surface area contributed by atoms with E-state index in [-0.39, 0.29) is 18.7 Å². The van der Waals surface area contributed by atoms with Crippen molar-refractivity contribution in [3.05, 3.63) is 29.8 Å². The molecule has 5 nitrogen and oxygen atoms in total. The summed E-state index contributed by atoms with van der Waals surface area (Å²) in [5.74, 6) is 0. The molecular weight excluding hydrogens is 254 g/mol.